The molecule has 3 nitrogen and oxygen atoms in total. The molecule has 0 fully saturated rings. The Bertz CT molecular complexity index is 784. The first-order chi connectivity index (χ1) is 9.72. The van der Waals surface area contributed by atoms with Gasteiger partial charge in [-0.2, -0.15) is 0 Å². The molecule has 4 N–H and O–H groups in total. The van der Waals surface area contributed by atoms with E-state index in [1.807, 2.05) is 48.5 Å². The summed E-state index contributed by atoms with van der Waals surface area (Å²) in [5.41, 5.74) is 15.5. The number of benzene rings is 2. The zero-order valence-corrected chi connectivity index (χ0v) is 11.6. The minimum absolute atomic E-state index is 0.324. The van der Waals surface area contributed by atoms with E-state index in [0.717, 1.165) is 27.6 Å². The second kappa shape index (κ2) is 5.12. The van der Waals surface area contributed by atoms with Gasteiger partial charge in [0.2, 0.25) is 0 Å². The summed E-state index contributed by atoms with van der Waals surface area (Å²) in [6, 6.07) is 15.6. The van der Waals surface area contributed by atoms with Crippen molar-refractivity contribution in [2.75, 3.05) is 5.73 Å². The highest BCUT2D eigenvalue weighted by Crippen LogP contribution is 2.37. The van der Waals surface area contributed by atoms with Crippen LogP contribution in [-0.2, 0) is 6.54 Å². The standard InChI is InChI=1S/C16H14ClN3/c17-13-7-3-1-5-10(13)15-11-6-2-4-8-14(11)20-16(19)12(15)9-18/h1-8H,9,18H2,(H2,19,20). The summed E-state index contributed by atoms with van der Waals surface area (Å²) in [6.07, 6.45) is 0. The van der Waals surface area contributed by atoms with Crippen molar-refractivity contribution in [1.29, 1.82) is 0 Å². The molecule has 0 saturated heterocycles. The van der Waals surface area contributed by atoms with Gasteiger partial charge < -0.3 is 11.5 Å². The monoisotopic (exact) mass is 283 g/mol. The van der Waals surface area contributed by atoms with Gasteiger partial charge in [0, 0.05) is 33.6 Å². The summed E-state index contributed by atoms with van der Waals surface area (Å²) in [5, 5.41) is 1.69. The van der Waals surface area contributed by atoms with E-state index < -0.39 is 0 Å². The Kier molecular flexibility index (Phi) is 3.30. The van der Waals surface area contributed by atoms with Crippen LogP contribution in [0.1, 0.15) is 5.56 Å². The molecular weight excluding hydrogens is 270 g/mol. The highest BCUT2D eigenvalue weighted by molar-refractivity contribution is 6.33. The van der Waals surface area contributed by atoms with Crippen molar-refractivity contribution >= 4 is 28.3 Å². The van der Waals surface area contributed by atoms with Gasteiger partial charge in [0.05, 0.1) is 5.52 Å². The van der Waals surface area contributed by atoms with Crippen molar-refractivity contribution in [3.8, 4) is 11.1 Å². The number of aromatic nitrogens is 1. The van der Waals surface area contributed by atoms with Gasteiger partial charge in [0.1, 0.15) is 5.82 Å². The lowest BCUT2D eigenvalue weighted by Crippen LogP contribution is -2.07. The number of hydrogen-bond acceptors (Lipinski definition) is 3. The number of anilines is 1. The van der Waals surface area contributed by atoms with E-state index in [-0.39, 0.29) is 0 Å². The molecule has 20 heavy (non-hydrogen) atoms. The molecule has 0 bridgehead atoms. The third-order valence-corrected chi connectivity index (χ3v) is 3.70. The fourth-order valence-electron chi connectivity index (χ4n) is 2.45. The molecule has 3 rings (SSSR count). The van der Waals surface area contributed by atoms with Crippen LogP contribution in [0, 0.1) is 0 Å². The van der Waals surface area contributed by atoms with E-state index in [9.17, 15) is 0 Å². The zero-order chi connectivity index (χ0) is 14.1. The van der Waals surface area contributed by atoms with E-state index in [0.29, 0.717) is 17.4 Å². The van der Waals surface area contributed by atoms with Crippen LogP contribution in [0.2, 0.25) is 5.02 Å². The lowest BCUT2D eigenvalue weighted by Gasteiger charge is -2.15. The number of fused-ring (bicyclic) bond motifs is 1. The number of rotatable bonds is 2. The maximum Gasteiger partial charge on any atom is 0.129 e. The molecule has 1 heterocycles. The number of para-hydroxylation sites is 1. The van der Waals surface area contributed by atoms with Crippen LogP contribution in [0.3, 0.4) is 0 Å². The minimum atomic E-state index is 0.324. The Labute approximate surface area is 122 Å². The Balaban J connectivity index is 2.47. The third kappa shape index (κ3) is 2.01. The van der Waals surface area contributed by atoms with E-state index in [1.165, 1.54) is 0 Å². The summed E-state index contributed by atoms with van der Waals surface area (Å²) >= 11 is 6.34. The first kappa shape index (κ1) is 12.9. The van der Waals surface area contributed by atoms with Gasteiger partial charge in [-0.15, -0.1) is 0 Å². The number of nitrogen functional groups attached to an aromatic ring is 1. The summed E-state index contributed by atoms with van der Waals surface area (Å²) in [4.78, 5) is 4.42. The number of pyridine rings is 1. The molecule has 0 spiro atoms. The molecule has 0 aliphatic carbocycles. The largest absolute Gasteiger partial charge is 0.383 e. The van der Waals surface area contributed by atoms with Crippen LogP contribution in [0.15, 0.2) is 48.5 Å². The quantitative estimate of drug-likeness (QED) is 0.755. The maximum absolute atomic E-state index is 6.34. The van der Waals surface area contributed by atoms with E-state index >= 15 is 0 Å². The Morgan fingerprint density at radius 2 is 1.70 bits per heavy atom. The average molecular weight is 284 g/mol. The minimum Gasteiger partial charge on any atom is -0.383 e. The normalized spacial score (nSPS) is 10.9. The molecule has 0 saturated carbocycles. The average Bonchev–Trinajstić information content (AvgIpc) is 2.46. The molecule has 0 radical (unpaired) electrons. The van der Waals surface area contributed by atoms with Crippen LogP contribution in [-0.4, -0.2) is 4.98 Å². The van der Waals surface area contributed by atoms with Crippen LogP contribution in [0.25, 0.3) is 22.0 Å². The molecule has 3 aromatic rings. The summed E-state index contributed by atoms with van der Waals surface area (Å²) in [5.74, 6) is 0.459. The first-order valence-corrected chi connectivity index (χ1v) is 6.72. The van der Waals surface area contributed by atoms with Gasteiger partial charge in [0.15, 0.2) is 0 Å². The SMILES string of the molecule is NCc1c(N)nc2ccccc2c1-c1ccccc1Cl. The molecule has 0 aliphatic heterocycles. The zero-order valence-electron chi connectivity index (χ0n) is 10.8. The van der Waals surface area contributed by atoms with Gasteiger partial charge in [-0.05, 0) is 12.1 Å². The molecule has 2 aromatic carbocycles. The van der Waals surface area contributed by atoms with E-state index in [2.05, 4.69) is 4.98 Å². The van der Waals surface area contributed by atoms with Crippen molar-refractivity contribution in [3.63, 3.8) is 0 Å². The van der Waals surface area contributed by atoms with E-state index in [4.69, 9.17) is 23.1 Å². The Morgan fingerprint density at radius 1 is 1.00 bits per heavy atom. The molecule has 0 aliphatic rings. The second-order valence-electron chi connectivity index (χ2n) is 4.55. The molecule has 4 heteroatoms. The topological polar surface area (TPSA) is 64.9 Å². The van der Waals surface area contributed by atoms with Crippen LogP contribution in [0.5, 0.6) is 0 Å². The third-order valence-electron chi connectivity index (χ3n) is 3.37. The highest BCUT2D eigenvalue weighted by Gasteiger charge is 2.15. The predicted molar refractivity (Wildman–Crippen MR) is 84.5 cm³/mol. The molecular formula is C16H14ClN3. The van der Waals surface area contributed by atoms with Crippen molar-refractivity contribution in [2.24, 2.45) is 5.73 Å². The van der Waals surface area contributed by atoms with Crippen molar-refractivity contribution in [3.05, 3.63) is 59.1 Å². The fourth-order valence-corrected chi connectivity index (χ4v) is 2.68. The predicted octanol–water partition coefficient (Wildman–Crippen LogP) is 3.60. The number of hydrogen-bond donors (Lipinski definition) is 2. The Morgan fingerprint density at radius 3 is 2.45 bits per heavy atom. The molecule has 1 aromatic heterocycles. The van der Waals surface area contributed by atoms with Gasteiger partial charge in [-0.25, -0.2) is 4.98 Å². The Hall–Kier alpha value is -2.10. The van der Waals surface area contributed by atoms with Crippen molar-refractivity contribution in [2.45, 2.75) is 6.54 Å². The van der Waals surface area contributed by atoms with Gasteiger partial charge in [0.25, 0.3) is 0 Å². The van der Waals surface area contributed by atoms with Crippen LogP contribution >= 0.6 is 11.6 Å². The highest BCUT2D eigenvalue weighted by atomic mass is 35.5. The summed E-state index contributed by atoms with van der Waals surface area (Å²) < 4.78 is 0. The number of nitrogens with two attached hydrogens (primary N) is 2. The first-order valence-electron chi connectivity index (χ1n) is 6.34. The molecule has 0 atom stereocenters. The van der Waals surface area contributed by atoms with Crippen molar-refractivity contribution < 1.29 is 0 Å². The lowest BCUT2D eigenvalue weighted by molar-refractivity contribution is 1.07. The van der Waals surface area contributed by atoms with Gasteiger partial charge in [-0.3, -0.25) is 0 Å². The summed E-state index contributed by atoms with van der Waals surface area (Å²) in [6.45, 7) is 0.324. The van der Waals surface area contributed by atoms with Gasteiger partial charge in [-0.1, -0.05) is 48.0 Å². The molecule has 100 valence electrons. The summed E-state index contributed by atoms with van der Waals surface area (Å²) in [7, 11) is 0. The van der Waals surface area contributed by atoms with Crippen LogP contribution < -0.4 is 11.5 Å². The van der Waals surface area contributed by atoms with Crippen molar-refractivity contribution in [1.82, 2.24) is 4.98 Å². The van der Waals surface area contributed by atoms with Crippen LogP contribution in [0.4, 0.5) is 5.82 Å². The smallest absolute Gasteiger partial charge is 0.129 e. The lowest BCUT2D eigenvalue weighted by atomic mass is 9.95. The van der Waals surface area contributed by atoms with Gasteiger partial charge >= 0.3 is 0 Å². The maximum atomic E-state index is 6.34. The molecule has 0 unspecified atom stereocenters. The fraction of sp³-hybridized carbons (Fsp3) is 0.0625. The van der Waals surface area contributed by atoms with E-state index in [1.54, 1.807) is 0 Å². The number of halogens is 1. The molecule has 0 amide bonds. The number of nitrogens with zero attached hydrogens (tertiary/aromatic N) is 1. The second-order valence-corrected chi connectivity index (χ2v) is 4.96.